The number of ether oxygens (including phenoxy) is 1. The lowest BCUT2D eigenvalue weighted by Crippen LogP contribution is -2.28. The Balaban J connectivity index is 2.98. The van der Waals surface area contributed by atoms with E-state index in [0.29, 0.717) is 17.9 Å². The minimum absolute atomic E-state index is 0.185. The van der Waals surface area contributed by atoms with Crippen molar-refractivity contribution >= 4 is 17.6 Å². The SMILES string of the molecule is CCOC(C)C(=O)Nc1cc(C(=O)O)c(C)cc1C. The van der Waals surface area contributed by atoms with Crippen molar-refractivity contribution in [3.8, 4) is 0 Å². The highest BCUT2D eigenvalue weighted by Crippen LogP contribution is 2.21. The summed E-state index contributed by atoms with van der Waals surface area (Å²) < 4.78 is 5.19. The number of hydrogen-bond acceptors (Lipinski definition) is 3. The second kappa shape index (κ2) is 6.33. The van der Waals surface area contributed by atoms with Gasteiger partial charge in [0.05, 0.1) is 5.56 Å². The number of carbonyl (C=O) groups is 2. The molecule has 0 aromatic heterocycles. The van der Waals surface area contributed by atoms with Gasteiger partial charge in [0.2, 0.25) is 0 Å². The van der Waals surface area contributed by atoms with Gasteiger partial charge >= 0.3 is 5.97 Å². The van der Waals surface area contributed by atoms with E-state index in [-0.39, 0.29) is 11.5 Å². The van der Waals surface area contributed by atoms with Crippen molar-refractivity contribution in [2.45, 2.75) is 33.8 Å². The third-order valence-corrected chi connectivity index (χ3v) is 2.85. The predicted molar refractivity (Wildman–Crippen MR) is 72.6 cm³/mol. The first kappa shape index (κ1) is 15.2. The van der Waals surface area contributed by atoms with Gasteiger partial charge in [-0.3, -0.25) is 4.79 Å². The topological polar surface area (TPSA) is 75.6 Å². The summed E-state index contributed by atoms with van der Waals surface area (Å²) in [7, 11) is 0. The summed E-state index contributed by atoms with van der Waals surface area (Å²) in [6.07, 6.45) is -0.570. The maximum Gasteiger partial charge on any atom is 0.336 e. The molecular formula is C14H19NO4. The molecule has 1 rings (SSSR count). The van der Waals surface area contributed by atoms with Gasteiger partial charge in [-0.1, -0.05) is 6.07 Å². The quantitative estimate of drug-likeness (QED) is 0.857. The minimum atomic E-state index is -1.01. The van der Waals surface area contributed by atoms with Crippen molar-refractivity contribution in [2.24, 2.45) is 0 Å². The molecule has 5 nitrogen and oxygen atoms in total. The first-order valence-electron chi connectivity index (χ1n) is 6.13. The van der Waals surface area contributed by atoms with Gasteiger partial charge in [-0.25, -0.2) is 4.79 Å². The van der Waals surface area contributed by atoms with Crippen molar-refractivity contribution in [3.05, 3.63) is 28.8 Å². The van der Waals surface area contributed by atoms with Gasteiger partial charge in [-0.15, -0.1) is 0 Å². The zero-order valence-electron chi connectivity index (χ0n) is 11.6. The van der Waals surface area contributed by atoms with Crippen LogP contribution in [0, 0.1) is 13.8 Å². The third-order valence-electron chi connectivity index (χ3n) is 2.85. The van der Waals surface area contributed by atoms with E-state index in [9.17, 15) is 9.59 Å². The Kier molecular flexibility index (Phi) is 5.06. The maximum absolute atomic E-state index is 11.8. The summed E-state index contributed by atoms with van der Waals surface area (Å²) in [6, 6.07) is 3.22. The number of nitrogens with one attached hydrogen (secondary N) is 1. The summed E-state index contributed by atoms with van der Waals surface area (Å²) in [5, 5.41) is 11.8. The molecule has 19 heavy (non-hydrogen) atoms. The highest BCUT2D eigenvalue weighted by atomic mass is 16.5. The maximum atomic E-state index is 11.8. The Hall–Kier alpha value is -1.88. The molecule has 0 saturated carbocycles. The zero-order chi connectivity index (χ0) is 14.6. The summed E-state index contributed by atoms with van der Waals surface area (Å²) in [6.45, 7) is 7.45. The molecular weight excluding hydrogens is 246 g/mol. The second-order valence-electron chi connectivity index (χ2n) is 4.37. The molecule has 1 aromatic carbocycles. The largest absolute Gasteiger partial charge is 0.478 e. The van der Waals surface area contributed by atoms with Gasteiger partial charge in [0.25, 0.3) is 5.91 Å². The number of carboxylic acids is 1. The molecule has 0 radical (unpaired) electrons. The van der Waals surface area contributed by atoms with Crippen LogP contribution in [0.15, 0.2) is 12.1 Å². The molecule has 0 aliphatic rings. The summed E-state index contributed by atoms with van der Waals surface area (Å²) in [5.74, 6) is -1.30. The monoisotopic (exact) mass is 265 g/mol. The van der Waals surface area contributed by atoms with E-state index in [2.05, 4.69) is 5.32 Å². The Morgan fingerprint density at radius 3 is 2.47 bits per heavy atom. The van der Waals surface area contributed by atoms with Gasteiger partial charge in [-0.05, 0) is 44.9 Å². The second-order valence-corrected chi connectivity index (χ2v) is 4.37. The summed E-state index contributed by atoms with van der Waals surface area (Å²) in [4.78, 5) is 22.9. The van der Waals surface area contributed by atoms with E-state index in [1.165, 1.54) is 6.07 Å². The van der Waals surface area contributed by atoms with Gasteiger partial charge in [0.1, 0.15) is 6.10 Å². The average Bonchev–Trinajstić information content (AvgIpc) is 2.32. The Labute approximate surface area is 112 Å². The Morgan fingerprint density at radius 1 is 1.32 bits per heavy atom. The molecule has 2 N–H and O–H groups in total. The number of carbonyl (C=O) groups excluding carboxylic acids is 1. The lowest BCUT2D eigenvalue weighted by molar-refractivity contribution is -0.126. The first-order valence-corrected chi connectivity index (χ1v) is 6.13. The normalized spacial score (nSPS) is 12.0. The van der Waals surface area contributed by atoms with Crippen molar-refractivity contribution in [3.63, 3.8) is 0 Å². The highest BCUT2D eigenvalue weighted by molar-refractivity contribution is 5.97. The number of anilines is 1. The Morgan fingerprint density at radius 2 is 1.95 bits per heavy atom. The molecule has 0 aliphatic heterocycles. The number of aromatic carboxylic acids is 1. The molecule has 0 heterocycles. The summed E-state index contributed by atoms with van der Waals surface area (Å²) in [5.41, 5.74) is 2.17. The van der Waals surface area contributed by atoms with E-state index < -0.39 is 12.1 Å². The molecule has 0 fully saturated rings. The summed E-state index contributed by atoms with van der Waals surface area (Å²) >= 11 is 0. The van der Waals surface area contributed by atoms with Crippen LogP contribution in [0.3, 0.4) is 0 Å². The average molecular weight is 265 g/mol. The number of carboxylic acid groups (broad SMARTS) is 1. The lowest BCUT2D eigenvalue weighted by atomic mass is 10.0. The fourth-order valence-electron chi connectivity index (χ4n) is 1.78. The van der Waals surface area contributed by atoms with Crippen molar-refractivity contribution in [2.75, 3.05) is 11.9 Å². The Bertz CT molecular complexity index is 496. The van der Waals surface area contributed by atoms with Crippen LogP contribution in [-0.2, 0) is 9.53 Å². The van der Waals surface area contributed by atoms with Gasteiger partial charge in [0.15, 0.2) is 0 Å². The molecule has 1 atom stereocenters. The number of hydrogen-bond donors (Lipinski definition) is 2. The van der Waals surface area contributed by atoms with E-state index in [1.807, 2.05) is 13.8 Å². The number of aryl methyl sites for hydroxylation is 2. The van der Waals surface area contributed by atoms with E-state index in [1.54, 1.807) is 19.9 Å². The number of benzene rings is 1. The van der Waals surface area contributed by atoms with Crippen LogP contribution in [0.4, 0.5) is 5.69 Å². The molecule has 1 aromatic rings. The lowest BCUT2D eigenvalue weighted by Gasteiger charge is -2.15. The van der Waals surface area contributed by atoms with Crippen LogP contribution in [-0.4, -0.2) is 29.7 Å². The zero-order valence-corrected chi connectivity index (χ0v) is 11.6. The molecule has 0 saturated heterocycles. The third kappa shape index (κ3) is 3.79. The van der Waals surface area contributed by atoms with Crippen molar-refractivity contribution in [1.29, 1.82) is 0 Å². The van der Waals surface area contributed by atoms with Crippen LogP contribution in [0.5, 0.6) is 0 Å². The molecule has 0 spiro atoms. The van der Waals surface area contributed by atoms with Crippen LogP contribution < -0.4 is 5.32 Å². The highest BCUT2D eigenvalue weighted by Gasteiger charge is 2.16. The van der Waals surface area contributed by atoms with Crippen molar-refractivity contribution < 1.29 is 19.4 Å². The number of amides is 1. The number of rotatable bonds is 5. The fourth-order valence-corrected chi connectivity index (χ4v) is 1.78. The van der Waals surface area contributed by atoms with Gasteiger partial charge < -0.3 is 15.2 Å². The van der Waals surface area contributed by atoms with Crippen LogP contribution >= 0.6 is 0 Å². The molecule has 104 valence electrons. The van der Waals surface area contributed by atoms with Gasteiger partial charge in [0, 0.05) is 12.3 Å². The van der Waals surface area contributed by atoms with E-state index >= 15 is 0 Å². The standard InChI is InChI=1S/C14H19NO4/c1-5-19-10(4)13(16)15-12-7-11(14(17)18)8(2)6-9(12)3/h6-7,10H,5H2,1-4H3,(H,15,16)(H,17,18). The van der Waals surface area contributed by atoms with Crippen LogP contribution in [0.2, 0.25) is 0 Å². The molecule has 1 amide bonds. The van der Waals surface area contributed by atoms with E-state index in [4.69, 9.17) is 9.84 Å². The minimum Gasteiger partial charge on any atom is -0.478 e. The van der Waals surface area contributed by atoms with Crippen LogP contribution in [0.25, 0.3) is 0 Å². The smallest absolute Gasteiger partial charge is 0.336 e. The molecule has 0 bridgehead atoms. The first-order chi connectivity index (χ1) is 8.86. The van der Waals surface area contributed by atoms with E-state index in [0.717, 1.165) is 5.56 Å². The fraction of sp³-hybridized carbons (Fsp3) is 0.429. The predicted octanol–water partition coefficient (Wildman–Crippen LogP) is 2.37. The molecule has 5 heteroatoms. The van der Waals surface area contributed by atoms with Gasteiger partial charge in [-0.2, -0.15) is 0 Å². The molecule has 0 aliphatic carbocycles. The van der Waals surface area contributed by atoms with Crippen molar-refractivity contribution in [1.82, 2.24) is 0 Å². The van der Waals surface area contributed by atoms with Crippen LogP contribution in [0.1, 0.15) is 35.3 Å². The molecule has 1 unspecified atom stereocenters.